The van der Waals surface area contributed by atoms with E-state index in [1.165, 1.54) is 6.33 Å². The molecular formula is C14H23N7O3. The Balaban J connectivity index is 1.90. The fraction of sp³-hybridized carbons (Fsp3) is 0.643. The number of hydrogen-bond acceptors (Lipinski definition) is 9. The van der Waals surface area contributed by atoms with Gasteiger partial charge in [0.15, 0.2) is 23.2 Å². The minimum atomic E-state index is -1.10. The first-order chi connectivity index (χ1) is 11.4. The smallest absolute Gasteiger partial charge is 0.167 e. The molecule has 0 amide bonds. The van der Waals surface area contributed by atoms with E-state index in [0.717, 1.165) is 0 Å². The molecule has 24 heavy (non-hydrogen) atoms. The molecule has 2 aromatic heterocycles. The molecule has 0 bridgehead atoms. The number of rotatable bonds is 5. The normalized spacial score (nSPS) is 27.4. The van der Waals surface area contributed by atoms with Gasteiger partial charge in [0.2, 0.25) is 0 Å². The van der Waals surface area contributed by atoms with Crippen molar-refractivity contribution in [2.24, 2.45) is 5.73 Å². The predicted molar refractivity (Wildman–Crippen MR) is 86.9 cm³/mol. The lowest BCUT2D eigenvalue weighted by molar-refractivity contribution is -0.0429. The maximum Gasteiger partial charge on any atom is 0.167 e. The highest BCUT2D eigenvalue weighted by Crippen LogP contribution is 2.33. The van der Waals surface area contributed by atoms with Gasteiger partial charge in [-0.3, -0.25) is 4.57 Å². The van der Waals surface area contributed by atoms with Gasteiger partial charge in [-0.05, 0) is 14.0 Å². The number of nitrogens with zero attached hydrogens (tertiary/aromatic N) is 5. The van der Waals surface area contributed by atoms with Crippen molar-refractivity contribution in [3.8, 4) is 0 Å². The summed E-state index contributed by atoms with van der Waals surface area (Å²) in [5, 5.41) is 20.8. The van der Waals surface area contributed by atoms with Gasteiger partial charge in [0.25, 0.3) is 0 Å². The highest BCUT2D eigenvalue weighted by Gasteiger charge is 2.45. The Kier molecular flexibility index (Phi) is 4.65. The zero-order valence-electron chi connectivity index (χ0n) is 13.7. The maximum atomic E-state index is 10.5. The standard InChI is InChI=1S/C14H23N7O3/c1-7-19-9-12(16)17-6-18-13(9)21(7)14-11(23)10(22)8(24-14)5-20(2)4-3-15/h6,8,10-11,14,22-23H,3-5,15H2,1-2H3,(H2,16,17,18)/t8-,10-,11-,14-/m1/s1. The largest absolute Gasteiger partial charge is 0.387 e. The molecule has 1 aliphatic rings. The van der Waals surface area contributed by atoms with Crippen LogP contribution in [0.1, 0.15) is 12.1 Å². The van der Waals surface area contributed by atoms with Gasteiger partial charge in [-0.2, -0.15) is 0 Å². The molecule has 4 atom stereocenters. The molecule has 3 rings (SSSR count). The minimum absolute atomic E-state index is 0.258. The molecule has 132 valence electrons. The number of fused-ring (bicyclic) bond motifs is 1. The van der Waals surface area contributed by atoms with E-state index in [1.54, 1.807) is 11.5 Å². The van der Waals surface area contributed by atoms with Crippen LogP contribution in [-0.4, -0.2) is 79.6 Å². The van der Waals surface area contributed by atoms with Crippen molar-refractivity contribution in [2.75, 3.05) is 32.4 Å². The van der Waals surface area contributed by atoms with Crippen LogP contribution in [0.5, 0.6) is 0 Å². The van der Waals surface area contributed by atoms with Crippen LogP contribution in [0.3, 0.4) is 0 Å². The SMILES string of the molecule is Cc1nc2c(N)ncnc2n1[C@@H]1O[C@H](CN(C)CCN)[C@@H](O)[C@H]1O. The molecule has 0 radical (unpaired) electrons. The number of hydrogen-bond donors (Lipinski definition) is 4. The van der Waals surface area contributed by atoms with E-state index in [2.05, 4.69) is 15.0 Å². The van der Waals surface area contributed by atoms with Crippen LogP contribution in [0, 0.1) is 6.92 Å². The summed E-state index contributed by atoms with van der Waals surface area (Å²) >= 11 is 0. The first-order valence-electron chi connectivity index (χ1n) is 7.79. The van der Waals surface area contributed by atoms with Crippen molar-refractivity contribution >= 4 is 17.0 Å². The summed E-state index contributed by atoms with van der Waals surface area (Å²) in [4.78, 5) is 14.4. The van der Waals surface area contributed by atoms with Crippen LogP contribution in [0.4, 0.5) is 5.82 Å². The van der Waals surface area contributed by atoms with Gasteiger partial charge >= 0.3 is 0 Å². The fourth-order valence-corrected chi connectivity index (χ4v) is 3.05. The van der Waals surface area contributed by atoms with Crippen LogP contribution in [0.15, 0.2) is 6.33 Å². The van der Waals surface area contributed by atoms with Crippen molar-refractivity contribution in [1.29, 1.82) is 0 Å². The van der Waals surface area contributed by atoms with E-state index in [9.17, 15) is 10.2 Å². The Morgan fingerprint density at radius 1 is 1.33 bits per heavy atom. The number of ether oxygens (including phenoxy) is 1. The molecule has 6 N–H and O–H groups in total. The number of aliphatic hydroxyl groups is 2. The lowest BCUT2D eigenvalue weighted by Crippen LogP contribution is -2.40. The third-order valence-corrected chi connectivity index (χ3v) is 4.28. The van der Waals surface area contributed by atoms with E-state index in [4.69, 9.17) is 16.2 Å². The number of aliphatic hydroxyl groups excluding tert-OH is 2. The van der Waals surface area contributed by atoms with Crippen LogP contribution >= 0.6 is 0 Å². The van der Waals surface area contributed by atoms with Crippen LogP contribution < -0.4 is 11.5 Å². The predicted octanol–water partition coefficient (Wildman–Crippen LogP) is -1.77. The molecule has 1 saturated heterocycles. The Hall–Kier alpha value is -1.85. The van der Waals surface area contributed by atoms with Gasteiger partial charge in [-0.25, -0.2) is 15.0 Å². The second-order valence-electron chi connectivity index (χ2n) is 6.06. The van der Waals surface area contributed by atoms with Gasteiger partial charge in [0.1, 0.15) is 30.5 Å². The molecule has 10 nitrogen and oxygen atoms in total. The molecular weight excluding hydrogens is 314 g/mol. The number of likely N-dealkylation sites (N-methyl/N-ethyl adjacent to an activating group) is 1. The van der Waals surface area contributed by atoms with E-state index in [0.29, 0.717) is 36.6 Å². The van der Waals surface area contributed by atoms with E-state index >= 15 is 0 Å². The van der Waals surface area contributed by atoms with Crippen molar-refractivity contribution in [3.05, 3.63) is 12.2 Å². The van der Waals surface area contributed by atoms with Gasteiger partial charge in [0.05, 0.1) is 0 Å². The maximum absolute atomic E-state index is 10.5. The monoisotopic (exact) mass is 337 g/mol. The first-order valence-corrected chi connectivity index (χ1v) is 7.79. The molecule has 0 spiro atoms. The Bertz CT molecular complexity index is 722. The molecule has 3 heterocycles. The van der Waals surface area contributed by atoms with Crippen molar-refractivity contribution in [1.82, 2.24) is 24.4 Å². The molecule has 0 aliphatic carbocycles. The molecule has 1 aliphatic heterocycles. The van der Waals surface area contributed by atoms with Crippen molar-refractivity contribution < 1.29 is 14.9 Å². The van der Waals surface area contributed by atoms with Crippen molar-refractivity contribution in [2.45, 2.75) is 31.5 Å². The van der Waals surface area contributed by atoms with E-state index in [1.807, 2.05) is 11.9 Å². The summed E-state index contributed by atoms with van der Waals surface area (Å²) < 4.78 is 7.56. The highest BCUT2D eigenvalue weighted by molar-refractivity contribution is 5.81. The topological polar surface area (TPSA) is 149 Å². The average Bonchev–Trinajstić information content (AvgIpc) is 3.00. The van der Waals surface area contributed by atoms with Crippen LogP contribution in [0.25, 0.3) is 11.2 Å². The highest BCUT2D eigenvalue weighted by atomic mass is 16.6. The number of anilines is 1. The summed E-state index contributed by atoms with van der Waals surface area (Å²) in [6.07, 6.45) is -2.13. The number of nitrogen functional groups attached to an aromatic ring is 1. The second-order valence-corrected chi connectivity index (χ2v) is 6.06. The number of imidazole rings is 1. The molecule has 10 heteroatoms. The fourth-order valence-electron chi connectivity index (χ4n) is 3.05. The van der Waals surface area contributed by atoms with Crippen LogP contribution in [0.2, 0.25) is 0 Å². The third kappa shape index (κ3) is 2.82. The summed E-state index contributed by atoms with van der Waals surface area (Å²) in [6, 6.07) is 0. The Labute approximate surface area is 139 Å². The van der Waals surface area contributed by atoms with Crippen LogP contribution in [-0.2, 0) is 4.74 Å². The van der Waals surface area contributed by atoms with Gasteiger partial charge in [-0.15, -0.1) is 0 Å². The summed E-state index contributed by atoms with van der Waals surface area (Å²) in [7, 11) is 1.88. The molecule has 0 aromatic carbocycles. The molecule has 1 fully saturated rings. The average molecular weight is 337 g/mol. The quantitative estimate of drug-likeness (QED) is 0.497. The van der Waals surface area contributed by atoms with Gasteiger partial charge in [-0.1, -0.05) is 0 Å². The van der Waals surface area contributed by atoms with E-state index in [-0.39, 0.29) is 5.82 Å². The number of aryl methyl sites for hydroxylation is 1. The second kappa shape index (κ2) is 6.57. The molecule has 2 aromatic rings. The number of nitrogens with two attached hydrogens (primary N) is 2. The lowest BCUT2D eigenvalue weighted by Gasteiger charge is -2.22. The summed E-state index contributed by atoms with van der Waals surface area (Å²) in [5.74, 6) is 0.832. The van der Waals surface area contributed by atoms with Crippen molar-refractivity contribution in [3.63, 3.8) is 0 Å². The third-order valence-electron chi connectivity index (χ3n) is 4.28. The van der Waals surface area contributed by atoms with Gasteiger partial charge < -0.3 is 31.3 Å². The molecule has 0 saturated carbocycles. The zero-order chi connectivity index (χ0) is 17.4. The van der Waals surface area contributed by atoms with E-state index < -0.39 is 24.5 Å². The Morgan fingerprint density at radius 2 is 2.08 bits per heavy atom. The first kappa shape index (κ1) is 17.0. The summed E-state index contributed by atoms with van der Waals surface area (Å²) in [6.45, 7) is 3.39. The Morgan fingerprint density at radius 3 is 2.79 bits per heavy atom. The summed E-state index contributed by atoms with van der Waals surface area (Å²) in [5.41, 5.74) is 12.3. The lowest BCUT2D eigenvalue weighted by atomic mass is 10.1. The van der Waals surface area contributed by atoms with Gasteiger partial charge in [0, 0.05) is 19.6 Å². The molecule has 0 unspecified atom stereocenters. The minimum Gasteiger partial charge on any atom is -0.387 e. The number of aromatic nitrogens is 4. The zero-order valence-corrected chi connectivity index (χ0v) is 13.7.